The molecule has 1 amide bonds. The molecular weight excluding hydrogens is 398 g/mol. The highest BCUT2D eigenvalue weighted by molar-refractivity contribution is 9.10. The maximum atomic E-state index is 12.6. The Kier molecular flexibility index (Phi) is 4.82. The highest BCUT2D eigenvalue weighted by Crippen LogP contribution is 2.34. The lowest BCUT2D eigenvalue weighted by Gasteiger charge is -2.22. The number of halogens is 1. The van der Waals surface area contributed by atoms with E-state index in [-0.39, 0.29) is 0 Å². The van der Waals surface area contributed by atoms with Crippen LogP contribution in [-0.2, 0) is 11.2 Å². The summed E-state index contributed by atoms with van der Waals surface area (Å²) in [7, 11) is 0. The first-order valence-electron chi connectivity index (χ1n) is 8.77. The zero-order valence-corrected chi connectivity index (χ0v) is 16.7. The lowest BCUT2D eigenvalue weighted by molar-refractivity contribution is -0.130. The molecule has 25 heavy (non-hydrogen) atoms. The number of carbonyl (C=O) groups excluding carboxylic acids is 1. The lowest BCUT2D eigenvalue weighted by Crippen LogP contribution is -2.33. The Hall–Kier alpha value is -1.40. The first-order valence-corrected chi connectivity index (χ1v) is 10.4. The van der Waals surface area contributed by atoms with Crippen LogP contribution < -0.4 is 4.90 Å². The lowest BCUT2D eigenvalue weighted by atomic mass is 10.0. The Balaban J connectivity index is 1.31. The van der Waals surface area contributed by atoms with Crippen LogP contribution in [-0.4, -0.2) is 42.0 Å². The van der Waals surface area contributed by atoms with Crippen molar-refractivity contribution in [2.75, 3.05) is 31.1 Å². The Labute approximate surface area is 161 Å². The number of hydrogen-bond donors (Lipinski definition) is 0. The van der Waals surface area contributed by atoms with Gasteiger partial charge in [0.2, 0.25) is 5.91 Å². The Bertz CT molecular complexity index is 746. The van der Waals surface area contributed by atoms with Gasteiger partial charge in [0.1, 0.15) is 5.82 Å². The molecule has 2 fully saturated rings. The van der Waals surface area contributed by atoms with Gasteiger partial charge in [0.25, 0.3) is 0 Å². The van der Waals surface area contributed by atoms with Crippen LogP contribution in [0.2, 0.25) is 0 Å². The van der Waals surface area contributed by atoms with Gasteiger partial charge in [0, 0.05) is 60.0 Å². The van der Waals surface area contributed by atoms with Gasteiger partial charge in [-0.1, -0.05) is 0 Å². The van der Waals surface area contributed by atoms with Crippen LogP contribution in [0.1, 0.15) is 16.9 Å². The molecule has 2 atom stereocenters. The van der Waals surface area contributed by atoms with E-state index in [1.165, 1.54) is 10.4 Å². The van der Waals surface area contributed by atoms with Gasteiger partial charge in [-0.05, 0) is 58.4 Å². The smallest absolute Gasteiger partial charge is 0.222 e. The molecule has 2 aromatic heterocycles. The third-order valence-electron chi connectivity index (χ3n) is 5.41. The first kappa shape index (κ1) is 17.0. The summed E-state index contributed by atoms with van der Waals surface area (Å²) in [6.07, 6.45) is 3.37. The van der Waals surface area contributed by atoms with Gasteiger partial charge in [0.05, 0.1) is 0 Å². The van der Waals surface area contributed by atoms with Gasteiger partial charge in [-0.3, -0.25) is 4.79 Å². The minimum atomic E-state index is 0.315. The average molecular weight is 420 g/mol. The summed E-state index contributed by atoms with van der Waals surface area (Å²) in [6.45, 7) is 5.95. The van der Waals surface area contributed by atoms with Crippen molar-refractivity contribution in [1.29, 1.82) is 0 Å². The number of carbonyl (C=O) groups is 1. The second kappa shape index (κ2) is 7.08. The fraction of sp³-hybridized carbons (Fsp3) is 0.474. The second-order valence-electron chi connectivity index (χ2n) is 7.09. The summed E-state index contributed by atoms with van der Waals surface area (Å²) < 4.78 is 1.01. The Morgan fingerprint density at radius 1 is 1.24 bits per heavy atom. The predicted octanol–water partition coefficient (Wildman–Crippen LogP) is 3.74. The zero-order chi connectivity index (χ0) is 17.4. The van der Waals surface area contributed by atoms with Crippen molar-refractivity contribution in [3.8, 4) is 0 Å². The van der Waals surface area contributed by atoms with Crippen molar-refractivity contribution in [1.82, 2.24) is 9.88 Å². The third-order valence-corrected chi connectivity index (χ3v) is 6.96. The monoisotopic (exact) mass is 419 g/mol. The number of anilines is 1. The molecule has 4 nitrogen and oxygen atoms in total. The number of fused-ring (bicyclic) bond motifs is 1. The fourth-order valence-corrected chi connectivity index (χ4v) is 5.12. The number of thiophene rings is 1. The third kappa shape index (κ3) is 3.60. The molecule has 0 aliphatic carbocycles. The number of hydrogen-bond acceptors (Lipinski definition) is 4. The van der Waals surface area contributed by atoms with Crippen molar-refractivity contribution in [2.45, 2.75) is 19.8 Å². The van der Waals surface area contributed by atoms with E-state index >= 15 is 0 Å². The number of amides is 1. The van der Waals surface area contributed by atoms with Crippen molar-refractivity contribution in [3.63, 3.8) is 0 Å². The quantitative estimate of drug-likeness (QED) is 0.756. The van der Waals surface area contributed by atoms with Crippen LogP contribution in [0.25, 0.3) is 0 Å². The van der Waals surface area contributed by atoms with E-state index in [4.69, 9.17) is 0 Å². The van der Waals surface area contributed by atoms with Crippen LogP contribution in [0.4, 0.5) is 5.82 Å². The molecule has 2 saturated heterocycles. The normalized spacial score (nSPS) is 22.5. The van der Waals surface area contributed by atoms with Crippen molar-refractivity contribution < 1.29 is 4.79 Å². The minimum Gasteiger partial charge on any atom is -0.356 e. The maximum absolute atomic E-state index is 12.6. The molecule has 0 bridgehead atoms. The number of nitrogens with zero attached hydrogens (tertiary/aromatic N) is 3. The molecule has 2 aliphatic rings. The number of likely N-dealkylation sites (tertiary alicyclic amines) is 1. The van der Waals surface area contributed by atoms with Gasteiger partial charge in [0.15, 0.2) is 0 Å². The molecule has 0 radical (unpaired) electrons. The minimum absolute atomic E-state index is 0.315. The molecule has 6 heteroatoms. The summed E-state index contributed by atoms with van der Waals surface area (Å²) >= 11 is 5.20. The maximum Gasteiger partial charge on any atom is 0.222 e. The summed E-state index contributed by atoms with van der Waals surface area (Å²) in [5, 5.41) is 2.11. The first-order chi connectivity index (χ1) is 12.1. The van der Waals surface area contributed by atoms with E-state index in [1.807, 2.05) is 12.3 Å². The van der Waals surface area contributed by atoms with E-state index in [0.717, 1.165) is 42.9 Å². The van der Waals surface area contributed by atoms with Crippen LogP contribution >= 0.6 is 27.3 Å². The molecule has 0 aromatic carbocycles. The topological polar surface area (TPSA) is 36.4 Å². The molecule has 132 valence electrons. The number of aryl methyl sites for hydroxylation is 2. The van der Waals surface area contributed by atoms with Crippen molar-refractivity contribution in [3.05, 3.63) is 44.7 Å². The molecule has 0 N–H and O–H groups in total. The Morgan fingerprint density at radius 2 is 2.00 bits per heavy atom. The van der Waals surface area contributed by atoms with E-state index in [2.05, 4.69) is 55.2 Å². The van der Waals surface area contributed by atoms with E-state index in [1.54, 1.807) is 11.3 Å². The van der Waals surface area contributed by atoms with Crippen LogP contribution in [0, 0.1) is 18.8 Å². The molecule has 2 unspecified atom stereocenters. The second-order valence-corrected chi connectivity index (χ2v) is 9.00. The van der Waals surface area contributed by atoms with Gasteiger partial charge in [-0.2, -0.15) is 0 Å². The molecule has 2 aromatic rings. The number of rotatable bonds is 4. The predicted molar refractivity (Wildman–Crippen MR) is 105 cm³/mol. The molecule has 0 spiro atoms. The van der Waals surface area contributed by atoms with Gasteiger partial charge in [-0.25, -0.2) is 4.98 Å². The number of aromatic nitrogens is 1. The van der Waals surface area contributed by atoms with Crippen molar-refractivity contribution >= 4 is 39.0 Å². The summed E-state index contributed by atoms with van der Waals surface area (Å²) in [4.78, 5) is 22.9. The molecular formula is C19H22BrN3OS. The number of pyridine rings is 1. The zero-order valence-electron chi connectivity index (χ0n) is 14.3. The largest absolute Gasteiger partial charge is 0.356 e. The standard InChI is InChI=1S/C19H22BrN3OS/c1-13-6-7-25-17(13)3-5-19(24)23-11-14-9-22(10-15(14)12-23)18-4-2-16(20)8-21-18/h2,4,6-8,14-15H,3,5,9-12H2,1H3. The van der Waals surface area contributed by atoms with E-state index < -0.39 is 0 Å². The Morgan fingerprint density at radius 3 is 2.60 bits per heavy atom. The van der Waals surface area contributed by atoms with Gasteiger partial charge < -0.3 is 9.80 Å². The SMILES string of the molecule is Cc1ccsc1CCC(=O)N1CC2CN(c3ccc(Br)cn3)CC2C1. The van der Waals surface area contributed by atoms with Crippen molar-refractivity contribution in [2.24, 2.45) is 11.8 Å². The highest BCUT2D eigenvalue weighted by atomic mass is 79.9. The summed E-state index contributed by atoms with van der Waals surface area (Å²) in [5.74, 6) is 2.52. The van der Waals surface area contributed by atoms with Gasteiger partial charge in [-0.15, -0.1) is 11.3 Å². The van der Waals surface area contributed by atoms with E-state index in [9.17, 15) is 4.79 Å². The molecule has 2 aliphatic heterocycles. The molecule has 4 heterocycles. The van der Waals surface area contributed by atoms with Crippen LogP contribution in [0.5, 0.6) is 0 Å². The highest BCUT2D eigenvalue weighted by Gasteiger charge is 2.41. The average Bonchev–Trinajstić information content (AvgIpc) is 3.28. The molecule has 0 saturated carbocycles. The summed E-state index contributed by atoms with van der Waals surface area (Å²) in [6, 6.07) is 6.24. The van der Waals surface area contributed by atoms with Crippen LogP contribution in [0.15, 0.2) is 34.2 Å². The van der Waals surface area contributed by atoms with Crippen LogP contribution in [0.3, 0.4) is 0 Å². The fourth-order valence-electron chi connectivity index (χ4n) is 3.98. The van der Waals surface area contributed by atoms with Gasteiger partial charge >= 0.3 is 0 Å². The summed E-state index contributed by atoms with van der Waals surface area (Å²) in [5.41, 5.74) is 1.31. The van der Waals surface area contributed by atoms with E-state index in [0.29, 0.717) is 24.2 Å². The molecule has 4 rings (SSSR count).